The van der Waals surface area contributed by atoms with Crippen LogP contribution in [0.4, 0.5) is 0 Å². The Morgan fingerprint density at radius 1 is 1.03 bits per heavy atom. The Morgan fingerprint density at radius 2 is 1.77 bits per heavy atom. The Balaban J connectivity index is 1.30. The zero-order valence-corrected chi connectivity index (χ0v) is 21.4. The van der Waals surface area contributed by atoms with Crippen molar-refractivity contribution in [1.82, 2.24) is 0 Å². The Bertz CT molecular complexity index is 722. The minimum atomic E-state index is -0.0789. The molecule has 3 unspecified atom stereocenters. The van der Waals surface area contributed by atoms with Crippen LogP contribution < -0.4 is 0 Å². The van der Waals surface area contributed by atoms with E-state index in [4.69, 9.17) is 0 Å². The SMILES string of the molecule is CC(C)[C@]1(CC[C@@H](C)[C@H]2CCC3C4CC=C5C[C@@H](O)CC[C@]5(C)C4CC[C@@]32C)C[C@@H]1C. The molecule has 0 aliphatic heterocycles. The lowest BCUT2D eigenvalue weighted by atomic mass is 9.47. The van der Waals surface area contributed by atoms with Gasteiger partial charge in [0, 0.05) is 0 Å². The van der Waals surface area contributed by atoms with Crippen LogP contribution in [0.25, 0.3) is 0 Å². The number of hydrogen-bond donors (Lipinski definition) is 1. The largest absolute Gasteiger partial charge is 0.393 e. The molecule has 1 nitrogen and oxygen atoms in total. The van der Waals surface area contributed by atoms with Crippen molar-refractivity contribution in [3.8, 4) is 0 Å². The predicted molar refractivity (Wildman–Crippen MR) is 131 cm³/mol. The first-order valence-electron chi connectivity index (χ1n) is 14.0. The molecule has 5 aliphatic carbocycles. The number of hydrogen-bond acceptors (Lipinski definition) is 1. The molecule has 0 bridgehead atoms. The van der Waals surface area contributed by atoms with Crippen LogP contribution in [0.1, 0.15) is 112 Å². The van der Waals surface area contributed by atoms with E-state index in [-0.39, 0.29) is 6.10 Å². The smallest absolute Gasteiger partial charge is 0.0577 e. The molecule has 0 radical (unpaired) electrons. The number of fused-ring (bicyclic) bond motifs is 5. The predicted octanol–water partition coefficient (Wildman–Crippen LogP) is 8.02. The molecule has 0 aromatic heterocycles. The van der Waals surface area contributed by atoms with Crippen molar-refractivity contribution in [1.29, 1.82) is 0 Å². The highest BCUT2D eigenvalue weighted by atomic mass is 16.3. The first-order valence-corrected chi connectivity index (χ1v) is 14.0. The quantitative estimate of drug-likeness (QED) is 0.441. The van der Waals surface area contributed by atoms with Gasteiger partial charge in [-0.05, 0) is 128 Å². The molecule has 10 atom stereocenters. The molecule has 176 valence electrons. The van der Waals surface area contributed by atoms with E-state index in [0.29, 0.717) is 16.2 Å². The summed E-state index contributed by atoms with van der Waals surface area (Å²) in [6.45, 7) is 15.3. The van der Waals surface area contributed by atoms with Gasteiger partial charge in [-0.3, -0.25) is 0 Å². The third-order valence-corrected chi connectivity index (χ3v) is 12.6. The van der Waals surface area contributed by atoms with Crippen LogP contribution in [-0.2, 0) is 0 Å². The summed E-state index contributed by atoms with van der Waals surface area (Å²) < 4.78 is 0. The van der Waals surface area contributed by atoms with Gasteiger partial charge in [0.15, 0.2) is 0 Å². The van der Waals surface area contributed by atoms with E-state index >= 15 is 0 Å². The van der Waals surface area contributed by atoms with Gasteiger partial charge in [-0.1, -0.05) is 53.2 Å². The van der Waals surface area contributed by atoms with Crippen molar-refractivity contribution >= 4 is 0 Å². The summed E-state index contributed by atoms with van der Waals surface area (Å²) in [7, 11) is 0. The van der Waals surface area contributed by atoms with Crippen molar-refractivity contribution < 1.29 is 5.11 Å². The number of rotatable bonds is 5. The second-order valence-corrected chi connectivity index (χ2v) is 13.9. The first kappa shape index (κ1) is 22.5. The lowest BCUT2D eigenvalue weighted by molar-refractivity contribution is -0.0576. The molecule has 5 aliphatic rings. The number of allylic oxidation sites excluding steroid dienone is 1. The summed E-state index contributed by atoms with van der Waals surface area (Å²) in [5.41, 5.74) is 3.27. The molecule has 1 heteroatoms. The van der Waals surface area contributed by atoms with Crippen LogP contribution in [0.15, 0.2) is 11.6 Å². The summed E-state index contributed by atoms with van der Waals surface area (Å²) in [5.74, 6) is 6.39. The van der Waals surface area contributed by atoms with Gasteiger partial charge in [0.25, 0.3) is 0 Å². The molecule has 0 amide bonds. The summed E-state index contributed by atoms with van der Waals surface area (Å²) in [4.78, 5) is 0. The minimum Gasteiger partial charge on any atom is -0.393 e. The lowest BCUT2D eigenvalue weighted by Gasteiger charge is -2.58. The van der Waals surface area contributed by atoms with Gasteiger partial charge in [0.2, 0.25) is 0 Å². The average molecular weight is 427 g/mol. The van der Waals surface area contributed by atoms with E-state index in [1.54, 1.807) is 5.57 Å². The van der Waals surface area contributed by atoms with E-state index in [2.05, 4.69) is 47.6 Å². The van der Waals surface area contributed by atoms with E-state index in [9.17, 15) is 5.11 Å². The van der Waals surface area contributed by atoms with Gasteiger partial charge in [0.05, 0.1) is 6.10 Å². The fraction of sp³-hybridized carbons (Fsp3) is 0.933. The molecular weight excluding hydrogens is 376 g/mol. The first-order chi connectivity index (χ1) is 14.6. The zero-order valence-electron chi connectivity index (χ0n) is 21.4. The fourth-order valence-electron chi connectivity index (χ4n) is 10.3. The van der Waals surface area contributed by atoms with E-state index in [1.807, 2.05) is 0 Å². The molecule has 0 heterocycles. The van der Waals surface area contributed by atoms with Crippen LogP contribution in [0.5, 0.6) is 0 Å². The van der Waals surface area contributed by atoms with Crippen molar-refractivity contribution in [3.05, 3.63) is 11.6 Å². The van der Waals surface area contributed by atoms with Gasteiger partial charge < -0.3 is 5.11 Å². The van der Waals surface area contributed by atoms with Gasteiger partial charge in [-0.2, -0.15) is 0 Å². The van der Waals surface area contributed by atoms with Gasteiger partial charge >= 0.3 is 0 Å². The van der Waals surface area contributed by atoms with Crippen LogP contribution in [0.3, 0.4) is 0 Å². The van der Waals surface area contributed by atoms with Crippen molar-refractivity contribution in [2.24, 2.45) is 57.7 Å². The van der Waals surface area contributed by atoms with E-state index < -0.39 is 0 Å². The summed E-state index contributed by atoms with van der Waals surface area (Å²) in [5, 5.41) is 10.3. The maximum absolute atomic E-state index is 10.3. The van der Waals surface area contributed by atoms with Crippen molar-refractivity contribution in [3.63, 3.8) is 0 Å². The van der Waals surface area contributed by atoms with Crippen LogP contribution in [-0.4, -0.2) is 11.2 Å². The molecule has 31 heavy (non-hydrogen) atoms. The maximum Gasteiger partial charge on any atom is 0.0577 e. The van der Waals surface area contributed by atoms with Crippen LogP contribution in [0, 0.1) is 57.7 Å². The van der Waals surface area contributed by atoms with Gasteiger partial charge in [0.1, 0.15) is 0 Å². The van der Waals surface area contributed by atoms with Crippen molar-refractivity contribution in [2.45, 2.75) is 118 Å². The third-order valence-electron chi connectivity index (χ3n) is 12.6. The zero-order chi connectivity index (χ0) is 22.2. The minimum absolute atomic E-state index is 0.0789. The number of aliphatic hydroxyl groups excluding tert-OH is 1. The topological polar surface area (TPSA) is 20.2 Å². The molecule has 1 N–H and O–H groups in total. The Labute approximate surface area is 192 Å². The maximum atomic E-state index is 10.3. The van der Waals surface area contributed by atoms with Crippen molar-refractivity contribution in [2.75, 3.05) is 0 Å². The standard InChI is InChI=1S/C30H50O/c1-19(2)30(18-21(30)4)16-11-20(3)25-9-10-26-24-8-7-22-17-23(31)12-14-28(22,5)27(24)13-15-29(25,26)6/h7,19-21,23-27,31H,8-18H2,1-6H3/t20-,21+,23+,24?,25-,26?,27?,28+,29-,30+/m1/s1. The van der Waals surface area contributed by atoms with Gasteiger partial charge in [-0.15, -0.1) is 0 Å². The molecule has 4 fully saturated rings. The summed E-state index contributed by atoms with van der Waals surface area (Å²) in [6.07, 6.45) is 17.3. The fourth-order valence-corrected chi connectivity index (χ4v) is 10.3. The highest BCUT2D eigenvalue weighted by molar-refractivity contribution is 5.25. The Kier molecular flexibility index (Phi) is 5.52. The van der Waals surface area contributed by atoms with E-state index in [0.717, 1.165) is 54.3 Å². The molecular formula is C30H50O. The second kappa shape index (κ2) is 7.61. The highest BCUT2D eigenvalue weighted by Gasteiger charge is 2.59. The lowest BCUT2D eigenvalue weighted by Crippen LogP contribution is -2.50. The normalized spacial score (nSPS) is 52.2. The van der Waals surface area contributed by atoms with E-state index in [1.165, 1.54) is 57.8 Å². The highest BCUT2D eigenvalue weighted by Crippen LogP contribution is 2.68. The van der Waals surface area contributed by atoms with Crippen LogP contribution >= 0.6 is 0 Å². The van der Waals surface area contributed by atoms with Gasteiger partial charge in [-0.25, -0.2) is 0 Å². The third kappa shape index (κ3) is 3.33. The Morgan fingerprint density at radius 3 is 2.45 bits per heavy atom. The molecule has 0 aromatic carbocycles. The Hall–Kier alpha value is -0.300. The molecule has 4 saturated carbocycles. The molecule has 0 saturated heterocycles. The van der Waals surface area contributed by atoms with Crippen LogP contribution in [0.2, 0.25) is 0 Å². The second-order valence-electron chi connectivity index (χ2n) is 13.9. The molecule has 0 aromatic rings. The molecule has 5 rings (SSSR count). The average Bonchev–Trinajstić information content (AvgIpc) is 3.25. The monoisotopic (exact) mass is 426 g/mol. The summed E-state index contributed by atoms with van der Waals surface area (Å²) in [6, 6.07) is 0. The number of aliphatic hydroxyl groups is 1. The summed E-state index contributed by atoms with van der Waals surface area (Å²) >= 11 is 0. The molecule has 0 spiro atoms.